The van der Waals surface area contributed by atoms with Crippen molar-refractivity contribution in [1.82, 2.24) is 0 Å². The van der Waals surface area contributed by atoms with E-state index in [1.165, 1.54) is 11.3 Å². The molecule has 3 rings (SSSR count). The number of thiophene rings is 1. The van der Waals surface area contributed by atoms with Crippen LogP contribution in [0.5, 0.6) is 0 Å². The first-order valence-corrected chi connectivity index (χ1v) is 10.5. The van der Waals surface area contributed by atoms with E-state index in [4.69, 9.17) is 0 Å². The summed E-state index contributed by atoms with van der Waals surface area (Å²) in [6.07, 6.45) is 0. The van der Waals surface area contributed by atoms with E-state index in [-0.39, 0.29) is 13.2 Å². The van der Waals surface area contributed by atoms with Gasteiger partial charge in [-0.1, -0.05) is 29.5 Å². The van der Waals surface area contributed by atoms with E-state index in [0.29, 0.717) is 34.3 Å². The normalized spacial score (nSPS) is 11.3. The molecule has 3 aromatic rings. The predicted octanol–water partition coefficient (Wildman–Crippen LogP) is 5.55. The molecule has 0 amide bonds. The molecule has 158 valence electrons. The van der Waals surface area contributed by atoms with E-state index in [1.54, 1.807) is 6.07 Å². The lowest BCUT2D eigenvalue weighted by molar-refractivity contribution is 0.281. The summed E-state index contributed by atoms with van der Waals surface area (Å²) in [5.41, 5.74) is 3.56. The van der Waals surface area contributed by atoms with Crippen LogP contribution in [0.1, 0.15) is 11.1 Å². The molecule has 1 heterocycles. The zero-order chi connectivity index (χ0) is 22.1. The SMILES string of the molecule is Cc1cc(N(CCO)CCO)ccc1N=Nc1sc(N=Nc2ccccc2)cc1C#N. The average Bonchev–Trinajstić information content (AvgIpc) is 3.19. The third-order valence-corrected chi connectivity index (χ3v) is 5.28. The Morgan fingerprint density at radius 3 is 2.32 bits per heavy atom. The highest BCUT2D eigenvalue weighted by Crippen LogP contribution is 2.38. The van der Waals surface area contributed by atoms with Gasteiger partial charge in [-0.2, -0.15) is 5.26 Å². The molecule has 0 aliphatic carbocycles. The van der Waals surface area contributed by atoms with Crippen LogP contribution in [0.2, 0.25) is 0 Å². The Labute approximate surface area is 184 Å². The number of aliphatic hydroxyl groups excluding tert-OH is 2. The molecule has 0 spiro atoms. The van der Waals surface area contributed by atoms with Crippen molar-refractivity contribution in [1.29, 1.82) is 5.26 Å². The van der Waals surface area contributed by atoms with Crippen molar-refractivity contribution in [2.24, 2.45) is 20.5 Å². The minimum Gasteiger partial charge on any atom is -0.395 e. The Balaban J connectivity index is 1.79. The predicted molar refractivity (Wildman–Crippen MR) is 121 cm³/mol. The number of aliphatic hydroxyl groups is 2. The first-order valence-electron chi connectivity index (χ1n) is 9.64. The molecule has 2 aromatic carbocycles. The summed E-state index contributed by atoms with van der Waals surface area (Å²) in [6, 6.07) is 18.7. The highest BCUT2D eigenvalue weighted by atomic mass is 32.1. The van der Waals surface area contributed by atoms with Gasteiger partial charge in [0.05, 0.1) is 30.2 Å². The van der Waals surface area contributed by atoms with Gasteiger partial charge in [0.15, 0.2) is 5.00 Å². The molecule has 0 atom stereocenters. The van der Waals surface area contributed by atoms with Crippen molar-refractivity contribution in [3.05, 3.63) is 65.7 Å². The molecule has 0 saturated heterocycles. The van der Waals surface area contributed by atoms with Gasteiger partial charge in [0.25, 0.3) is 0 Å². The van der Waals surface area contributed by atoms with Crippen LogP contribution in [0.25, 0.3) is 0 Å². The molecule has 8 nitrogen and oxygen atoms in total. The summed E-state index contributed by atoms with van der Waals surface area (Å²) in [5.74, 6) is 0. The van der Waals surface area contributed by atoms with Crippen molar-refractivity contribution in [2.45, 2.75) is 6.92 Å². The van der Waals surface area contributed by atoms with Crippen LogP contribution in [0.3, 0.4) is 0 Å². The molecular formula is C22H22N6O2S. The third kappa shape index (κ3) is 6.02. The van der Waals surface area contributed by atoms with Crippen molar-refractivity contribution >= 4 is 38.4 Å². The van der Waals surface area contributed by atoms with Gasteiger partial charge in [0, 0.05) is 18.8 Å². The second kappa shape index (κ2) is 11.1. The molecule has 2 N–H and O–H groups in total. The molecule has 0 radical (unpaired) electrons. The Bertz CT molecular complexity index is 1100. The van der Waals surface area contributed by atoms with Crippen LogP contribution in [-0.2, 0) is 0 Å². The Hall–Kier alpha value is -3.45. The lowest BCUT2D eigenvalue weighted by atomic mass is 10.1. The molecule has 0 aliphatic rings. The molecule has 1 aromatic heterocycles. The number of nitriles is 1. The largest absolute Gasteiger partial charge is 0.395 e. The van der Waals surface area contributed by atoms with Crippen molar-refractivity contribution in [2.75, 3.05) is 31.2 Å². The van der Waals surface area contributed by atoms with Crippen LogP contribution in [0.15, 0.2) is 75.1 Å². The van der Waals surface area contributed by atoms with Crippen molar-refractivity contribution < 1.29 is 10.2 Å². The number of aryl methyl sites for hydroxylation is 1. The highest BCUT2D eigenvalue weighted by Gasteiger charge is 2.10. The van der Waals surface area contributed by atoms with Crippen molar-refractivity contribution in [3.8, 4) is 6.07 Å². The Morgan fingerprint density at radius 1 is 0.935 bits per heavy atom. The van der Waals surface area contributed by atoms with E-state index < -0.39 is 0 Å². The molecule has 9 heteroatoms. The van der Waals surface area contributed by atoms with Crippen LogP contribution >= 0.6 is 11.3 Å². The number of azo groups is 2. The first kappa shape index (κ1) is 22.2. The summed E-state index contributed by atoms with van der Waals surface area (Å²) in [4.78, 5) is 1.89. The third-order valence-electron chi connectivity index (χ3n) is 4.37. The van der Waals surface area contributed by atoms with Gasteiger partial charge in [-0.05, 0) is 48.9 Å². The molecule has 0 saturated carbocycles. The van der Waals surface area contributed by atoms with Crippen LogP contribution < -0.4 is 4.90 Å². The van der Waals surface area contributed by atoms with Gasteiger partial charge in [-0.15, -0.1) is 20.5 Å². The van der Waals surface area contributed by atoms with E-state index in [1.807, 2.05) is 60.4 Å². The second-order valence-corrected chi connectivity index (χ2v) is 7.56. The quantitative estimate of drug-likeness (QED) is 0.429. The lowest BCUT2D eigenvalue weighted by Crippen LogP contribution is -2.29. The van der Waals surface area contributed by atoms with Crippen LogP contribution in [0, 0.1) is 18.3 Å². The van der Waals surface area contributed by atoms with E-state index in [0.717, 1.165) is 16.9 Å². The first-order chi connectivity index (χ1) is 15.1. The fourth-order valence-electron chi connectivity index (χ4n) is 2.83. The number of benzene rings is 2. The number of hydrogen-bond donors (Lipinski definition) is 2. The Morgan fingerprint density at radius 2 is 1.68 bits per heavy atom. The topological polar surface area (TPSA) is 117 Å². The standard InChI is InChI=1S/C22H22N6O2S/c1-16-13-19(28(9-11-29)10-12-30)7-8-20(16)25-27-22-17(15-23)14-21(31-22)26-24-18-5-3-2-4-6-18/h2-8,13-14,29-30H,9-12H2,1H3. The summed E-state index contributed by atoms with van der Waals surface area (Å²) >= 11 is 1.24. The Kier molecular flexibility index (Phi) is 7.95. The van der Waals surface area contributed by atoms with Gasteiger partial charge >= 0.3 is 0 Å². The fourth-order valence-corrected chi connectivity index (χ4v) is 3.59. The molecule has 0 bridgehead atoms. The van der Waals surface area contributed by atoms with Gasteiger partial charge in [0.1, 0.15) is 11.1 Å². The lowest BCUT2D eigenvalue weighted by Gasteiger charge is -2.23. The minimum atomic E-state index is -0.000232. The van der Waals surface area contributed by atoms with Gasteiger partial charge in [-0.3, -0.25) is 0 Å². The maximum Gasteiger partial charge on any atom is 0.158 e. The molecular weight excluding hydrogens is 412 g/mol. The molecule has 0 fully saturated rings. The average molecular weight is 435 g/mol. The number of anilines is 1. The van der Waals surface area contributed by atoms with Gasteiger partial charge < -0.3 is 15.1 Å². The second-order valence-electron chi connectivity index (χ2n) is 6.56. The van der Waals surface area contributed by atoms with Gasteiger partial charge in [0.2, 0.25) is 0 Å². The smallest absolute Gasteiger partial charge is 0.158 e. The summed E-state index contributed by atoms with van der Waals surface area (Å²) in [6.45, 7) is 2.77. The van der Waals surface area contributed by atoms with E-state index >= 15 is 0 Å². The van der Waals surface area contributed by atoms with E-state index in [2.05, 4.69) is 26.5 Å². The zero-order valence-corrected chi connectivity index (χ0v) is 17.8. The highest BCUT2D eigenvalue weighted by molar-refractivity contribution is 7.19. The maximum atomic E-state index is 9.40. The molecule has 31 heavy (non-hydrogen) atoms. The van der Waals surface area contributed by atoms with E-state index in [9.17, 15) is 15.5 Å². The minimum absolute atomic E-state index is 0.000232. The summed E-state index contributed by atoms with van der Waals surface area (Å²) in [5, 5.41) is 45.8. The van der Waals surface area contributed by atoms with Gasteiger partial charge in [-0.25, -0.2) is 0 Å². The maximum absolute atomic E-state index is 9.40. The van der Waals surface area contributed by atoms with Crippen LogP contribution in [-0.4, -0.2) is 36.5 Å². The summed E-state index contributed by atoms with van der Waals surface area (Å²) in [7, 11) is 0. The fraction of sp³-hybridized carbons (Fsp3) is 0.227. The van der Waals surface area contributed by atoms with Crippen molar-refractivity contribution in [3.63, 3.8) is 0 Å². The number of nitrogens with zero attached hydrogens (tertiary/aromatic N) is 6. The molecule has 0 aliphatic heterocycles. The zero-order valence-electron chi connectivity index (χ0n) is 17.0. The monoisotopic (exact) mass is 434 g/mol. The number of rotatable bonds is 9. The molecule has 0 unspecified atom stereocenters. The summed E-state index contributed by atoms with van der Waals surface area (Å²) < 4.78 is 0. The van der Waals surface area contributed by atoms with Crippen LogP contribution in [0.4, 0.5) is 27.1 Å². The number of hydrogen-bond acceptors (Lipinski definition) is 9.